The lowest BCUT2D eigenvalue weighted by atomic mass is 10.1. The third-order valence-corrected chi connectivity index (χ3v) is 4.03. The van der Waals surface area contributed by atoms with Gasteiger partial charge in [0.05, 0.1) is 0 Å². The third-order valence-electron chi connectivity index (χ3n) is 4.03. The Hall–Kier alpha value is -3.08. The molecule has 3 aromatic rings. The first-order valence-electron chi connectivity index (χ1n) is 8.05. The lowest BCUT2D eigenvalue weighted by molar-refractivity contribution is -0.118. The van der Waals surface area contributed by atoms with Gasteiger partial charge in [-0.1, -0.05) is 47.1 Å². The predicted octanol–water partition coefficient (Wildman–Crippen LogP) is 4.28. The first-order valence-corrected chi connectivity index (χ1v) is 8.05. The molecule has 1 aromatic heterocycles. The van der Waals surface area contributed by atoms with Gasteiger partial charge in [0.2, 0.25) is 5.88 Å². The van der Waals surface area contributed by atoms with E-state index in [1.807, 2.05) is 63.2 Å². The van der Waals surface area contributed by atoms with Gasteiger partial charge in [0.25, 0.3) is 5.91 Å². The highest BCUT2D eigenvalue weighted by Gasteiger charge is 2.11. The molecule has 3 rings (SSSR count). The molecule has 1 heterocycles. The fourth-order valence-corrected chi connectivity index (χ4v) is 2.39. The third kappa shape index (κ3) is 4.07. The van der Waals surface area contributed by atoms with Crippen molar-refractivity contribution in [1.29, 1.82) is 0 Å². The van der Waals surface area contributed by atoms with Crippen LogP contribution >= 0.6 is 0 Å². The molecular formula is C20H20N2O3. The Morgan fingerprint density at radius 3 is 2.64 bits per heavy atom. The van der Waals surface area contributed by atoms with E-state index in [1.165, 1.54) is 5.56 Å². The minimum absolute atomic E-state index is 0.0924. The monoisotopic (exact) mass is 336 g/mol. The number of carbonyl (C=O) groups is 1. The molecule has 0 fully saturated rings. The van der Waals surface area contributed by atoms with Crippen LogP contribution in [0.1, 0.15) is 16.7 Å². The second-order valence-electron chi connectivity index (χ2n) is 5.98. The van der Waals surface area contributed by atoms with E-state index in [4.69, 9.17) is 9.26 Å². The summed E-state index contributed by atoms with van der Waals surface area (Å²) in [7, 11) is 0. The number of rotatable bonds is 5. The normalized spacial score (nSPS) is 10.5. The zero-order valence-electron chi connectivity index (χ0n) is 14.5. The maximum Gasteiger partial charge on any atom is 0.264 e. The summed E-state index contributed by atoms with van der Waals surface area (Å²) in [6, 6.07) is 15.4. The molecule has 128 valence electrons. The topological polar surface area (TPSA) is 64.4 Å². The van der Waals surface area contributed by atoms with Crippen LogP contribution in [0, 0.1) is 20.8 Å². The van der Waals surface area contributed by atoms with Crippen molar-refractivity contribution in [2.75, 3.05) is 11.9 Å². The second kappa shape index (κ2) is 7.21. The molecule has 5 heteroatoms. The molecule has 0 aliphatic heterocycles. The number of anilines is 1. The highest BCUT2D eigenvalue weighted by molar-refractivity contribution is 5.91. The molecule has 0 aliphatic carbocycles. The number of carbonyl (C=O) groups excluding carboxylic acids is 1. The minimum atomic E-state index is -0.299. The van der Waals surface area contributed by atoms with Crippen LogP contribution in [0.5, 0.6) is 5.75 Å². The van der Waals surface area contributed by atoms with Gasteiger partial charge in [0, 0.05) is 11.6 Å². The van der Waals surface area contributed by atoms with Gasteiger partial charge in [-0.25, -0.2) is 0 Å². The van der Waals surface area contributed by atoms with Crippen LogP contribution in [-0.4, -0.2) is 17.7 Å². The Kier molecular flexibility index (Phi) is 4.84. The lowest BCUT2D eigenvalue weighted by Crippen LogP contribution is -2.20. The Labute approximate surface area is 146 Å². The molecule has 0 unspecified atom stereocenters. The van der Waals surface area contributed by atoms with Crippen molar-refractivity contribution in [3.63, 3.8) is 0 Å². The zero-order chi connectivity index (χ0) is 17.8. The first kappa shape index (κ1) is 16.8. The predicted molar refractivity (Wildman–Crippen MR) is 96.7 cm³/mol. The Bertz CT molecular complexity index is 882. The van der Waals surface area contributed by atoms with E-state index in [-0.39, 0.29) is 12.5 Å². The summed E-state index contributed by atoms with van der Waals surface area (Å²) in [5, 5.41) is 6.64. The average Bonchev–Trinajstić information content (AvgIpc) is 3.05. The van der Waals surface area contributed by atoms with Crippen LogP contribution in [0.4, 0.5) is 5.88 Å². The molecule has 0 saturated carbocycles. The van der Waals surface area contributed by atoms with Crippen molar-refractivity contribution in [2.24, 2.45) is 0 Å². The SMILES string of the molecule is Cc1ccc(-c2cc(NC(=O)COc3cccc(C)c3C)on2)cc1. The molecule has 0 spiro atoms. The zero-order valence-corrected chi connectivity index (χ0v) is 14.5. The van der Waals surface area contributed by atoms with E-state index in [0.29, 0.717) is 17.3 Å². The van der Waals surface area contributed by atoms with Gasteiger partial charge in [-0.15, -0.1) is 0 Å². The lowest BCUT2D eigenvalue weighted by Gasteiger charge is -2.10. The van der Waals surface area contributed by atoms with Crippen molar-refractivity contribution in [1.82, 2.24) is 5.16 Å². The number of hydrogen-bond acceptors (Lipinski definition) is 4. The smallest absolute Gasteiger partial charge is 0.264 e. The number of aryl methyl sites for hydroxylation is 2. The van der Waals surface area contributed by atoms with E-state index in [9.17, 15) is 4.79 Å². The Morgan fingerprint density at radius 1 is 1.12 bits per heavy atom. The Morgan fingerprint density at radius 2 is 1.88 bits per heavy atom. The molecule has 25 heavy (non-hydrogen) atoms. The fraction of sp³-hybridized carbons (Fsp3) is 0.200. The first-order chi connectivity index (χ1) is 12.0. The average molecular weight is 336 g/mol. The second-order valence-corrected chi connectivity index (χ2v) is 5.98. The number of nitrogens with one attached hydrogen (secondary N) is 1. The molecule has 0 atom stereocenters. The fourth-order valence-electron chi connectivity index (χ4n) is 2.39. The number of hydrogen-bond donors (Lipinski definition) is 1. The summed E-state index contributed by atoms with van der Waals surface area (Å²) in [6.45, 7) is 5.90. The number of benzene rings is 2. The van der Waals surface area contributed by atoms with Crippen molar-refractivity contribution in [2.45, 2.75) is 20.8 Å². The summed E-state index contributed by atoms with van der Waals surface area (Å²) >= 11 is 0. The van der Waals surface area contributed by atoms with Crippen LogP contribution in [0.3, 0.4) is 0 Å². The summed E-state index contributed by atoms with van der Waals surface area (Å²) in [4.78, 5) is 12.0. The van der Waals surface area contributed by atoms with E-state index in [2.05, 4.69) is 10.5 Å². The van der Waals surface area contributed by atoms with Gasteiger partial charge in [0.1, 0.15) is 11.4 Å². The largest absolute Gasteiger partial charge is 0.483 e. The van der Waals surface area contributed by atoms with Crippen molar-refractivity contribution >= 4 is 11.8 Å². The molecule has 0 bridgehead atoms. The van der Waals surface area contributed by atoms with E-state index in [1.54, 1.807) is 6.07 Å². The van der Waals surface area contributed by atoms with Crippen LogP contribution in [0.25, 0.3) is 11.3 Å². The molecule has 0 saturated heterocycles. The maximum atomic E-state index is 12.0. The van der Waals surface area contributed by atoms with Crippen LogP contribution in [0.2, 0.25) is 0 Å². The van der Waals surface area contributed by atoms with Gasteiger partial charge in [-0.2, -0.15) is 0 Å². The van der Waals surface area contributed by atoms with Gasteiger partial charge < -0.3 is 9.26 Å². The molecule has 1 amide bonds. The van der Waals surface area contributed by atoms with Crippen molar-refractivity contribution in [3.8, 4) is 17.0 Å². The summed E-state index contributed by atoms with van der Waals surface area (Å²) in [5.74, 6) is 0.700. The molecular weight excluding hydrogens is 316 g/mol. The molecule has 5 nitrogen and oxygen atoms in total. The standard InChI is InChI=1S/C20H20N2O3/c1-13-7-9-16(10-8-13)17-11-20(25-22-17)21-19(23)12-24-18-6-4-5-14(2)15(18)3/h4-11H,12H2,1-3H3,(H,21,23). The Balaban J connectivity index is 1.60. The van der Waals surface area contributed by atoms with Gasteiger partial charge in [0.15, 0.2) is 6.61 Å². The highest BCUT2D eigenvalue weighted by Crippen LogP contribution is 2.23. The van der Waals surface area contributed by atoms with Crippen LogP contribution in [0.15, 0.2) is 53.1 Å². The van der Waals surface area contributed by atoms with E-state index < -0.39 is 0 Å². The van der Waals surface area contributed by atoms with Crippen molar-refractivity contribution in [3.05, 3.63) is 65.2 Å². The van der Waals surface area contributed by atoms with E-state index in [0.717, 1.165) is 16.7 Å². The van der Waals surface area contributed by atoms with Gasteiger partial charge in [-0.05, 0) is 38.0 Å². The maximum absolute atomic E-state index is 12.0. The number of amides is 1. The summed E-state index contributed by atoms with van der Waals surface area (Å²) < 4.78 is 10.8. The van der Waals surface area contributed by atoms with Crippen molar-refractivity contribution < 1.29 is 14.1 Å². The summed E-state index contributed by atoms with van der Waals surface area (Å²) in [6.07, 6.45) is 0. The molecule has 1 N–H and O–H groups in total. The molecule has 0 radical (unpaired) electrons. The van der Waals surface area contributed by atoms with Gasteiger partial charge in [-0.3, -0.25) is 10.1 Å². The number of ether oxygens (including phenoxy) is 1. The number of aromatic nitrogens is 1. The van der Waals surface area contributed by atoms with Crippen LogP contribution < -0.4 is 10.1 Å². The quantitative estimate of drug-likeness (QED) is 0.755. The number of nitrogens with zero attached hydrogens (tertiary/aromatic N) is 1. The molecule has 2 aromatic carbocycles. The van der Waals surface area contributed by atoms with Crippen LogP contribution in [-0.2, 0) is 4.79 Å². The van der Waals surface area contributed by atoms with Gasteiger partial charge >= 0.3 is 0 Å². The summed E-state index contributed by atoms with van der Waals surface area (Å²) in [5.41, 5.74) is 4.92. The van der Waals surface area contributed by atoms with E-state index >= 15 is 0 Å². The highest BCUT2D eigenvalue weighted by atomic mass is 16.5. The molecule has 0 aliphatic rings. The minimum Gasteiger partial charge on any atom is -0.483 e.